The summed E-state index contributed by atoms with van der Waals surface area (Å²) >= 11 is 0. The minimum Gasteiger partial charge on any atom is -0.482 e. The maximum Gasteiger partial charge on any atom is 0.166 e. The topological polar surface area (TPSA) is 123 Å². The molecule has 0 spiro atoms. The average molecular weight is 419 g/mol. The minimum absolute atomic E-state index is 0.201. The zero-order valence-corrected chi connectivity index (χ0v) is 17.2. The Balaban J connectivity index is 2.00. The Morgan fingerprint density at radius 3 is 2.97 bits per heavy atom. The largest absolute Gasteiger partial charge is 0.482 e. The Morgan fingerprint density at radius 2 is 2.26 bits per heavy atom. The molecule has 0 fully saturated rings. The van der Waals surface area contributed by atoms with E-state index in [4.69, 9.17) is 15.9 Å². The summed E-state index contributed by atoms with van der Waals surface area (Å²) in [6.45, 7) is 2.54. The van der Waals surface area contributed by atoms with Gasteiger partial charge in [0.15, 0.2) is 11.6 Å². The number of allylic oxidation sites excluding steroid dienone is 1. The second kappa shape index (κ2) is 7.99. The van der Waals surface area contributed by atoms with Gasteiger partial charge in [-0.05, 0) is 31.2 Å². The van der Waals surface area contributed by atoms with Crippen LogP contribution in [0.2, 0.25) is 0 Å². The lowest BCUT2D eigenvalue weighted by Gasteiger charge is -2.27. The minimum atomic E-state index is -0.554. The Hall–Kier alpha value is -4.06. The highest BCUT2D eigenvalue weighted by atomic mass is 19.1. The van der Waals surface area contributed by atoms with Gasteiger partial charge in [-0.2, -0.15) is 5.26 Å². The first kappa shape index (κ1) is 20.2. The molecule has 9 heteroatoms. The van der Waals surface area contributed by atoms with Gasteiger partial charge in [0.2, 0.25) is 0 Å². The molecule has 0 saturated heterocycles. The molecule has 0 radical (unpaired) electrons. The van der Waals surface area contributed by atoms with E-state index in [2.05, 4.69) is 21.7 Å². The van der Waals surface area contributed by atoms with E-state index >= 15 is 0 Å². The first-order chi connectivity index (χ1) is 15.0. The van der Waals surface area contributed by atoms with Crippen molar-refractivity contribution in [3.05, 3.63) is 64.2 Å². The van der Waals surface area contributed by atoms with Crippen molar-refractivity contribution in [1.29, 1.82) is 10.7 Å². The molecule has 1 atom stereocenters. The summed E-state index contributed by atoms with van der Waals surface area (Å²) in [6.07, 6.45) is 2.30. The quantitative estimate of drug-likeness (QED) is 0.552. The Morgan fingerprint density at radius 1 is 1.45 bits per heavy atom. The van der Waals surface area contributed by atoms with Crippen molar-refractivity contribution in [1.82, 2.24) is 20.5 Å². The first-order valence-corrected chi connectivity index (χ1v) is 9.73. The summed E-state index contributed by atoms with van der Waals surface area (Å²) < 4.78 is 20.3. The zero-order chi connectivity index (χ0) is 22.1. The van der Waals surface area contributed by atoms with Crippen LogP contribution in [0.4, 0.5) is 10.2 Å². The number of halogens is 1. The first-order valence-electron chi connectivity index (χ1n) is 9.73. The summed E-state index contributed by atoms with van der Waals surface area (Å²) in [4.78, 5) is 6.19. The van der Waals surface area contributed by atoms with E-state index in [1.165, 1.54) is 18.3 Å². The molecule has 2 aliphatic heterocycles. The second-order valence-corrected chi connectivity index (χ2v) is 7.26. The van der Waals surface area contributed by atoms with Crippen LogP contribution in [-0.4, -0.2) is 36.4 Å². The van der Waals surface area contributed by atoms with Crippen LogP contribution in [0.3, 0.4) is 0 Å². The molecule has 3 heterocycles. The van der Waals surface area contributed by atoms with Gasteiger partial charge >= 0.3 is 0 Å². The molecule has 8 nitrogen and oxygen atoms in total. The van der Waals surface area contributed by atoms with Crippen LogP contribution in [0.15, 0.2) is 41.7 Å². The second-order valence-electron chi connectivity index (χ2n) is 7.26. The van der Waals surface area contributed by atoms with Crippen molar-refractivity contribution < 1.29 is 9.13 Å². The molecule has 4 rings (SSSR count). The van der Waals surface area contributed by atoms with Crippen LogP contribution in [0, 0.1) is 22.6 Å². The third-order valence-corrected chi connectivity index (χ3v) is 5.40. The lowest BCUT2D eigenvalue weighted by atomic mass is 9.96. The number of nitrogens with one attached hydrogen (secondary N) is 3. The molecule has 1 aromatic heterocycles. The number of anilines is 1. The van der Waals surface area contributed by atoms with Gasteiger partial charge in [0.05, 0.1) is 12.4 Å². The van der Waals surface area contributed by atoms with E-state index in [-0.39, 0.29) is 11.6 Å². The lowest BCUT2D eigenvalue weighted by Crippen LogP contribution is -2.28. The molecule has 2 aromatic rings. The van der Waals surface area contributed by atoms with Crippen LogP contribution in [-0.2, 0) is 0 Å². The van der Waals surface area contributed by atoms with Gasteiger partial charge in [0, 0.05) is 54.0 Å². The van der Waals surface area contributed by atoms with E-state index in [0.29, 0.717) is 52.8 Å². The molecular weight excluding hydrogens is 397 g/mol. The van der Waals surface area contributed by atoms with Crippen LogP contribution >= 0.6 is 0 Å². The summed E-state index contributed by atoms with van der Waals surface area (Å²) in [5, 5.41) is 23.9. The van der Waals surface area contributed by atoms with Crippen molar-refractivity contribution in [3.8, 4) is 11.8 Å². The predicted molar refractivity (Wildman–Crippen MR) is 116 cm³/mol. The van der Waals surface area contributed by atoms with Crippen molar-refractivity contribution in [2.45, 2.75) is 13.0 Å². The standard InChI is InChI=1S/C22H22FN7O/c1-12-17-6-15(23)3-4-16(17)20(27-2)14(7-24)10-30-11-29-18(8-25)21(30)13-5-19(31-12)22(26)28-9-13/h3-7,9,12,24,27,29H,10-11H2,1-2H3,(H2,26,28)/b20-14+,24-7?. The highest BCUT2D eigenvalue weighted by Gasteiger charge is 2.28. The lowest BCUT2D eigenvalue weighted by molar-refractivity contribution is 0.226. The number of hydrogen-bond acceptors (Lipinski definition) is 8. The van der Waals surface area contributed by atoms with Gasteiger partial charge in [0.1, 0.15) is 23.7 Å². The number of nitrogens with two attached hydrogens (primary N) is 1. The zero-order valence-electron chi connectivity index (χ0n) is 17.2. The molecule has 2 bridgehead atoms. The number of ether oxygens (including phenoxy) is 1. The summed E-state index contributed by atoms with van der Waals surface area (Å²) in [5.41, 5.74) is 10.5. The van der Waals surface area contributed by atoms with Crippen LogP contribution in [0.1, 0.15) is 29.7 Å². The highest BCUT2D eigenvalue weighted by Crippen LogP contribution is 2.36. The average Bonchev–Trinajstić information content (AvgIpc) is 3.17. The summed E-state index contributed by atoms with van der Waals surface area (Å²) in [6, 6.07) is 8.39. The van der Waals surface area contributed by atoms with Crippen LogP contribution in [0.25, 0.3) is 11.4 Å². The fourth-order valence-electron chi connectivity index (χ4n) is 3.95. The van der Waals surface area contributed by atoms with Gasteiger partial charge in [-0.3, -0.25) is 0 Å². The van der Waals surface area contributed by atoms with Crippen molar-refractivity contribution in [2.75, 3.05) is 26.0 Å². The number of nitrogen functional groups attached to an aromatic ring is 1. The molecule has 31 heavy (non-hydrogen) atoms. The van der Waals surface area contributed by atoms with Crippen LogP contribution < -0.4 is 21.1 Å². The highest BCUT2D eigenvalue weighted by molar-refractivity contribution is 5.90. The molecule has 0 amide bonds. The van der Waals surface area contributed by atoms with Crippen molar-refractivity contribution in [3.63, 3.8) is 0 Å². The fraction of sp³-hybridized carbons (Fsp3) is 0.227. The molecular formula is C22H22FN7O. The third-order valence-electron chi connectivity index (χ3n) is 5.40. The van der Waals surface area contributed by atoms with E-state index in [1.54, 1.807) is 32.3 Å². The predicted octanol–water partition coefficient (Wildman–Crippen LogP) is 2.59. The van der Waals surface area contributed by atoms with Crippen molar-refractivity contribution >= 4 is 23.4 Å². The normalized spacial score (nSPS) is 20.3. The van der Waals surface area contributed by atoms with E-state index in [1.807, 2.05) is 4.90 Å². The van der Waals surface area contributed by atoms with E-state index < -0.39 is 6.10 Å². The number of nitrogens with zero attached hydrogens (tertiary/aromatic N) is 3. The number of fused-ring (bicyclic) bond motifs is 5. The number of hydrogen-bond donors (Lipinski definition) is 4. The molecule has 158 valence electrons. The Bertz CT molecular complexity index is 1160. The maximum absolute atomic E-state index is 14.2. The van der Waals surface area contributed by atoms with Crippen LogP contribution in [0.5, 0.6) is 5.75 Å². The van der Waals surface area contributed by atoms with Gasteiger partial charge in [-0.25, -0.2) is 9.37 Å². The molecule has 5 N–H and O–H groups in total. The molecule has 2 aliphatic rings. The van der Waals surface area contributed by atoms with Crippen molar-refractivity contribution in [2.24, 2.45) is 0 Å². The summed E-state index contributed by atoms with van der Waals surface area (Å²) in [5.74, 6) is 0.159. The van der Waals surface area contributed by atoms with E-state index in [9.17, 15) is 9.65 Å². The number of benzene rings is 1. The molecule has 1 unspecified atom stereocenters. The Labute approximate surface area is 179 Å². The number of pyridine rings is 1. The fourth-order valence-corrected chi connectivity index (χ4v) is 3.95. The van der Waals surface area contributed by atoms with Gasteiger partial charge < -0.3 is 31.4 Å². The van der Waals surface area contributed by atoms with Gasteiger partial charge in [-0.1, -0.05) is 0 Å². The monoisotopic (exact) mass is 419 g/mol. The molecule has 1 aromatic carbocycles. The maximum atomic E-state index is 14.2. The number of nitriles is 1. The SMILES string of the molecule is CN/C1=C(\C=N)CN2CNC(C#N)=C2c2cnc(N)c(c2)OC(C)c2cc(F)ccc21. The third kappa shape index (κ3) is 3.53. The number of aromatic nitrogens is 1. The molecule has 0 saturated carbocycles. The Kier molecular flexibility index (Phi) is 5.21. The summed E-state index contributed by atoms with van der Waals surface area (Å²) in [7, 11) is 1.76. The number of rotatable bonds is 2. The molecule has 0 aliphatic carbocycles. The van der Waals surface area contributed by atoms with E-state index in [0.717, 1.165) is 5.56 Å². The smallest absolute Gasteiger partial charge is 0.166 e. The van der Waals surface area contributed by atoms with Gasteiger partial charge in [0.25, 0.3) is 0 Å². The van der Waals surface area contributed by atoms with Gasteiger partial charge in [-0.15, -0.1) is 0 Å².